The number of methoxy groups -OCH3 is 1. The van der Waals surface area contributed by atoms with Crippen LogP contribution < -0.4 is 5.32 Å². The first-order valence-corrected chi connectivity index (χ1v) is 11.2. The van der Waals surface area contributed by atoms with E-state index in [0.717, 1.165) is 64.4 Å². The Bertz CT molecular complexity index is 733. The van der Waals surface area contributed by atoms with Gasteiger partial charge in [-0.2, -0.15) is 0 Å². The van der Waals surface area contributed by atoms with E-state index in [1.54, 1.807) is 12.1 Å². The van der Waals surface area contributed by atoms with Crippen LogP contribution in [0.2, 0.25) is 5.02 Å². The van der Waals surface area contributed by atoms with Crippen molar-refractivity contribution in [3.8, 4) is 0 Å². The maximum atomic E-state index is 14.7. The summed E-state index contributed by atoms with van der Waals surface area (Å²) in [5.74, 6) is 0.333. The van der Waals surface area contributed by atoms with Crippen LogP contribution in [0, 0.1) is 11.7 Å². The van der Waals surface area contributed by atoms with E-state index in [4.69, 9.17) is 21.3 Å². The van der Waals surface area contributed by atoms with Crippen LogP contribution in [0.25, 0.3) is 0 Å². The average molecular weight is 567 g/mol. The molecule has 31 heavy (non-hydrogen) atoms. The second-order valence-electron chi connectivity index (χ2n) is 7.87. The number of hydrogen-bond donors (Lipinski definition) is 1. The van der Waals surface area contributed by atoms with Crippen molar-refractivity contribution in [3.63, 3.8) is 0 Å². The summed E-state index contributed by atoms with van der Waals surface area (Å²) in [4.78, 5) is 21.1. The van der Waals surface area contributed by atoms with Gasteiger partial charge >= 0.3 is 5.97 Å². The Balaban J connectivity index is 0.00000341. The van der Waals surface area contributed by atoms with Crippen LogP contribution in [0.3, 0.4) is 0 Å². The number of aliphatic imine (C=N–C) groups is 1. The Morgan fingerprint density at radius 2 is 1.97 bits per heavy atom. The van der Waals surface area contributed by atoms with Crippen molar-refractivity contribution < 1.29 is 13.9 Å². The van der Waals surface area contributed by atoms with Crippen molar-refractivity contribution in [1.29, 1.82) is 0 Å². The Hall–Kier alpha value is -1.13. The number of rotatable bonds is 6. The number of benzene rings is 1. The largest absolute Gasteiger partial charge is 0.469 e. The van der Waals surface area contributed by atoms with Crippen molar-refractivity contribution in [2.24, 2.45) is 10.9 Å². The SMILES string of the molecule is CCNC(=NCC(c1c(F)cccc1Cl)N1CCCC1)N1CCC(C(=O)OC)CC1.I. The van der Waals surface area contributed by atoms with Gasteiger partial charge in [0.25, 0.3) is 0 Å². The second kappa shape index (κ2) is 12.8. The van der Waals surface area contributed by atoms with Gasteiger partial charge < -0.3 is 15.0 Å². The van der Waals surface area contributed by atoms with E-state index in [9.17, 15) is 9.18 Å². The summed E-state index contributed by atoms with van der Waals surface area (Å²) in [6.07, 6.45) is 3.69. The zero-order chi connectivity index (χ0) is 21.5. The lowest BCUT2D eigenvalue weighted by atomic mass is 9.97. The lowest BCUT2D eigenvalue weighted by Crippen LogP contribution is -2.47. The van der Waals surface area contributed by atoms with Gasteiger partial charge in [-0.05, 0) is 57.8 Å². The normalized spacial score (nSPS) is 19.1. The number of esters is 1. The lowest BCUT2D eigenvalue weighted by molar-refractivity contribution is -0.146. The predicted octanol–water partition coefficient (Wildman–Crippen LogP) is 4.08. The molecule has 2 heterocycles. The minimum atomic E-state index is -0.279. The molecule has 9 heteroatoms. The lowest BCUT2D eigenvalue weighted by Gasteiger charge is -2.34. The standard InChI is InChI=1S/C22H32ClFN4O2.HI/c1-3-25-22(28-13-9-16(10-14-28)21(29)30-2)26-15-19(27-11-4-5-12-27)20-17(23)7-6-8-18(20)24;/h6-8,16,19H,3-5,9-15H2,1-2H3,(H,25,26);1H. The first-order chi connectivity index (χ1) is 14.5. The highest BCUT2D eigenvalue weighted by Gasteiger charge is 2.29. The van der Waals surface area contributed by atoms with Gasteiger partial charge in [0.05, 0.1) is 25.6 Å². The molecule has 2 aliphatic rings. The molecule has 1 aromatic rings. The number of nitrogens with one attached hydrogen (secondary N) is 1. The van der Waals surface area contributed by atoms with Crippen LogP contribution >= 0.6 is 35.6 Å². The maximum absolute atomic E-state index is 14.7. The molecular weight excluding hydrogens is 534 g/mol. The third-order valence-electron chi connectivity index (χ3n) is 5.99. The predicted molar refractivity (Wildman–Crippen MR) is 133 cm³/mol. The van der Waals surface area contributed by atoms with Crippen molar-refractivity contribution in [2.45, 2.75) is 38.6 Å². The molecule has 2 aliphatic heterocycles. The van der Waals surface area contributed by atoms with Gasteiger partial charge in [-0.3, -0.25) is 14.7 Å². The van der Waals surface area contributed by atoms with E-state index in [1.165, 1.54) is 13.2 Å². The second-order valence-corrected chi connectivity index (χ2v) is 8.28. The molecule has 2 fully saturated rings. The molecule has 1 aromatic carbocycles. The fourth-order valence-corrected chi connectivity index (χ4v) is 4.65. The number of nitrogens with zero attached hydrogens (tertiary/aromatic N) is 3. The molecule has 1 N–H and O–H groups in total. The van der Waals surface area contributed by atoms with E-state index in [1.807, 2.05) is 6.92 Å². The number of carbonyl (C=O) groups excluding carboxylic acids is 1. The van der Waals surface area contributed by atoms with E-state index < -0.39 is 0 Å². The van der Waals surface area contributed by atoms with Crippen LogP contribution in [0.15, 0.2) is 23.2 Å². The van der Waals surface area contributed by atoms with Gasteiger partial charge in [0, 0.05) is 30.2 Å². The molecule has 0 saturated carbocycles. The third-order valence-corrected chi connectivity index (χ3v) is 6.32. The number of likely N-dealkylation sites (tertiary alicyclic amines) is 2. The zero-order valence-electron chi connectivity index (χ0n) is 18.3. The Morgan fingerprint density at radius 3 is 2.55 bits per heavy atom. The van der Waals surface area contributed by atoms with Gasteiger partial charge in [-0.15, -0.1) is 24.0 Å². The zero-order valence-corrected chi connectivity index (χ0v) is 21.4. The van der Waals surface area contributed by atoms with E-state index in [2.05, 4.69) is 15.1 Å². The van der Waals surface area contributed by atoms with Gasteiger partial charge in [-0.1, -0.05) is 17.7 Å². The minimum absolute atomic E-state index is 0. The highest BCUT2D eigenvalue weighted by Crippen LogP contribution is 2.32. The van der Waals surface area contributed by atoms with Crippen molar-refractivity contribution in [3.05, 3.63) is 34.6 Å². The quantitative estimate of drug-likeness (QED) is 0.243. The van der Waals surface area contributed by atoms with E-state index in [0.29, 0.717) is 17.1 Å². The number of piperidine rings is 1. The first-order valence-electron chi connectivity index (χ1n) is 10.8. The third kappa shape index (κ3) is 6.68. The molecule has 6 nitrogen and oxygen atoms in total. The van der Waals surface area contributed by atoms with Gasteiger partial charge in [0.1, 0.15) is 5.82 Å². The highest BCUT2D eigenvalue weighted by molar-refractivity contribution is 14.0. The minimum Gasteiger partial charge on any atom is -0.469 e. The van der Waals surface area contributed by atoms with Gasteiger partial charge in [-0.25, -0.2) is 4.39 Å². The Kier molecular flexibility index (Phi) is 10.8. The number of halogens is 3. The van der Waals surface area contributed by atoms with Crippen LogP contribution in [0.4, 0.5) is 4.39 Å². The molecule has 0 spiro atoms. The van der Waals surface area contributed by atoms with Gasteiger partial charge in [0.15, 0.2) is 5.96 Å². The summed E-state index contributed by atoms with van der Waals surface area (Å²) in [7, 11) is 1.44. The highest BCUT2D eigenvalue weighted by atomic mass is 127. The Morgan fingerprint density at radius 1 is 1.29 bits per heavy atom. The van der Waals surface area contributed by atoms with Crippen LogP contribution in [-0.2, 0) is 9.53 Å². The molecule has 0 radical (unpaired) electrons. The van der Waals surface area contributed by atoms with E-state index >= 15 is 0 Å². The number of hydrogen-bond acceptors (Lipinski definition) is 4. The molecule has 174 valence electrons. The van der Waals surface area contributed by atoms with E-state index in [-0.39, 0.29) is 47.7 Å². The van der Waals surface area contributed by atoms with Gasteiger partial charge in [0.2, 0.25) is 0 Å². The van der Waals surface area contributed by atoms with Crippen LogP contribution in [0.5, 0.6) is 0 Å². The van der Waals surface area contributed by atoms with Crippen LogP contribution in [0.1, 0.15) is 44.2 Å². The molecule has 0 bridgehead atoms. The smallest absolute Gasteiger partial charge is 0.308 e. The Labute approximate surface area is 206 Å². The molecule has 1 atom stereocenters. The fourth-order valence-electron chi connectivity index (χ4n) is 4.36. The summed E-state index contributed by atoms with van der Waals surface area (Å²) in [5.41, 5.74) is 0.532. The molecule has 2 saturated heterocycles. The summed E-state index contributed by atoms with van der Waals surface area (Å²) in [5, 5.41) is 3.80. The molecule has 0 amide bonds. The monoisotopic (exact) mass is 566 g/mol. The van der Waals surface area contributed by atoms with Crippen molar-refractivity contribution in [2.75, 3.05) is 46.4 Å². The molecule has 0 aromatic heterocycles. The summed E-state index contributed by atoms with van der Waals surface area (Å²) < 4.78 is 19.6. The number of carbonyl (C=O) groups is 1. The number of guanidine groups is 1. The topological polar surface area (TPSA) is 57.2 Å². The first kappa shape index (κ1) is 26.1. The summed E-state index contributed by atoms with van der Waals surface area (Å²) in [6.45, 7) is 6.52. The molecule has 3 rings (SSSR count). The van der Waals surface area contributed by atoms with Crippen molar-refractivity contribution in [1.82, 2.24) is 15.1 Å². The average Bonchev–Trinajstić information content (AvgIpc) is 3.29. The maximum Gasteiger partial charge on any atom is 0.308 e. The fraction of sp³-hybridized carbons (Fsp3) is 0.636. The van der Waals surface area contributed by atoms with Crippen molar-refractivity contribution >= 4 is 47.5 Å². The molecular formula is C22H33ClFIN4O2. The summed E-state index contributed by atoms with van der Waals surface area (Å²) >= 11 is 6.40. The summed E-state index contributed by atoms with van der Waals surface area (Å²) in [6, 6.07) is 4.66. The molecule has 0 aliphatic carbocycles. The molecule has 1 unspecified atom stereocenters. The number of ether oxygens (including phenoxy) is 1. The van der Waals surface area contributed by atoms with Crippen LogP contribution in [-0.4, -0.2) is 68.1 Å².